The van der Waals surface area contributed by atoms with E-state index >= 15 is 0 Å². The first-order valence-electron chi connectivity index (χ1n) is 5.33. The number of halogens is 2. The standard InChI is InChI=1S/C11H16F2N2O/c1-2-8(3-4-16)6-14-11-10(13)5-9(12)7-15-11/h5,7-8,16H,2-4,6H2,1H3,(H,14,15). The third-order valence-electron chi connectivity index (χ3n) is 2.48. The molecule has 1 aromatic rings. The highest BCUT2D eigenvalue weighted by atomic mass is 19.1. The van der Waals surface area contributed by atoms with Crippen LogP contribution in [0.5, 0.6) is 0 Å². The van der Waals surface area contributed by atoms with E-state index < -0.39 is 11.6 Å². The fraction of sp³-hybridized carbons (Fsp3) is 0.545. The van der Waals surface area contributed by atoms with E-state index in [2.05, 4.69) is 10.3 Å². The SMILES string of the molecule is CCC(CCO)CNc1ncc(F)cc1F. The van der Waals surface area contributed by atoms with Crippen molar-refractivity contribution < 1.29 is 13.9 Å². The van der Waals surface area contributed by atoms with Gasteiger partial charge in [0.15, 0.2) is 11.6 Å². The maximum atomic E-state index is 13.2. The molecule has 1 unspecified atom stereocenters. The van der Waals surface area contributed by atoms with Crippen molar-refractivity contribution in [3.8, 4) is 0 Å². The van der Waals surface area contributed by atoms with Crippen LogP contribution in [-0.4, -0.2) is 23.2 Å². The largest absolute Gasteiger partial charge is 0.396 e. The van der Waals surface area contributed by atoms with Gasteiger partial charge in [-0.05, 0) is 12.3 Å². The van der Waals surface area contributed by atoms with E-state index in [-0.39, 0.29) is 18.3 Å². The Balaban J connectivity index is 2.53. The number of nitrogens with zero attached hydrogens (tertiary/aromatic N) is 1. The third-order valence-corrected chi connectivity index (χ3v) is 2.48. The zero-order chi connectivity index (χ0) is 12.0. The molecule has 16 heavy (non-hydrogen) atoms. The van der Waals surface area contributed by atoms with Crippen LogP contribution in [0.25, 0.3) is 0 Å². The number of aliphatic hydroxyl groups is 1. The summed E-state index contributed by atoms with van der Waals surface area (Å²) in [6.45, 7) is 2.63. The Bertz CT molecular complexity index is 334. The maximum absolute atomic E-state index is 13.2. The van der Waals surface area contributed by atoms with Crippen LogP contribution in [-0.2, 0) is 0 Å². The molecule has 2 N–H and O–H groups in total. The van der Waals surface area contributed by atoms with E-state index in [0.29, 0.717) is 13.0 Å². The fourth-order valence-electron chi connectivity index (χ4n) is 1.42. The second kappa shape index (κ2) is 6.37. The van der Waals surface area contributed by atoms with Gasteiger partial charge in [0.05, 0.1) is 6.20 Å². The maximum Gasteiger partial charge on any atom is 0.168 e. The van der Waals surface area contributed by atoms with Crippen LogP contribution in [0.3, 0.4) is 0 Å². The first kappa shape index (κ1) is 12.8. The predicted octanol–water partition coefficient (Wildman–Crippen LogP) is 2.18. The average Bonchev–Trinajstić information content (AvgIpc) is 2.26. The van der Waals surface area contributed by atoms with Crippen LogP contribution >= 0.6 is 0 Å². The first-order valence-corrected chi connectivity index (χ1v) is 5.33. The van der Waals surface area contributed by atoms with Crippen LogP contribution in [0.1, 0.15) is 19.8 Å². The number of aromatic nitrogens is 1. The van der Waals surface area contributed by atoms with Gasteiger partial charge in [0, 0.05) is 19.2 Å². The Morgan fingerprint density at radius 3 is 2.81 bits per heavy atom. The smallest absolute Gasteiger partial charge is 0.168 e. The minimum atomic E-state index is -0.696. The molecule has 1 aromatic heterocycles. The number of pyridine rings is 1. The summed E-state index contributed by atoms with van der Waals surface area (Å²) in [5, 5.41) is 11.6. The van der Waals surface area contributed by atoms with Crippen LogP contribution < -0.4 is 5.32 Å². The lowest BCUT2D eigenvalue weighted by Crippen LogP contribution is -2.16. The minimum Gasteiger partial charge on any atom is -0.396 e. The fourth-order valence-corrected chi connectivity index (χ4v) is 1.42. The molecule has 0 saturated heterocycles. The molecule has 0 aliphatic rings. The molecular formula is C11H16F2N2O. The molecule has 0 saturated carbocycles. The van der Waals surface area contributed by atoms with Gasteiger partial charge in [-0.3, -0.25) is 0 Å². The average molecular weight is 230 g/mol. The van der Waals surface area contributed by atoms with Gasteiger partial charge in [-0.2, -0.15) is 0 Å². The van der Waals surface area contributed by atoms with Gasteiger partial charge < -0.3 is 10.4 Å². The second-order valence-corrected chi connectivity index (χ2v) is 3.65. The lowest BCUT2D eigenvalue weighted by Gasteiger charge is -2.14. The summed E-state index contributed by atoms with van der Waals surface area (Å²) in [4.78, 5) is 3.62. The summed E-state index contributed by atoms with van der Waals surface area (Å²) < 4.78 is 25.7. The molecule has 1 heterocycles. The Hall–Kier alpha value is -1.23. The van der Waals surface area contributed by atoms with Crippen molar-refractivity contribution in [1.82, 2.24) is 4.98 Å². The first-order chi connectivity index (χ1) is 7.67. The Morgan fingerprint density at radius 2 is 2.25 bits per heavy atom. The molecule has 1 atom stereocenters. The predicted molar refractivity (Wildman–Crippen MR) is 58.1 cm³/mol. The molecule has 0 spiro atoms. The van der Waals surface area contributed by atoms with Crippen LogP contribution in [0, 0.1) is 17.6 Å². The van der Waals surface area contributed by atoms with E-state index in [1.165, 1.54) is 0 Å². The summed E-state index contributed by atoms with van der Waals surface area (Å²) in [6, 6.07) is 0.794. The van der Waals surface area contributed by atoms with Gasteiger partial charge in [-0.15, -0.1) is 0 Å². The van der Waals surface area contributed by atoms with Crippen molar-refractivity contribution in [2.24, 2.45) is 5.92 Å². The molecule has 0 radical (unpaired) electrons. The van der Waals surface area contributed by atoms with Crippen molar-refractivity contribution in [3.63, 3.8) is 0 Å². The van der Waals surface area contributed by atoms with Crippen LogP contribution in [0.15, 0.2) is 12.3 Å². The Kier molecular flexibility index (Phi) is 5.11. The third kappa shape index (κ3) is 3.73. The number of hydrogen-bond acceptors (Lipinski definition) is 3. The minimum absolute atomic E-state index is 0.0535. The van der Waals surface area contributed by atoms with Crippen LogP contribution in [0.2, 0.25) is 0 Å². The summed E-state index contributed by atoms with van der Waals surface area (Å²) in [5.41, 5.74) is 0. The number of aliphatic hydroxyl groups excluding tert-OH is 1. The summed E-state index contributed by atoms with van der Waals surface area (Å²) in [7, 11) is 0. The van der Waals surface area contributed by atoms with Crippen molar-refractivity contribution in [2.75, 3.05) is 18.5 Å². The molecule has 0 aliphatic heterocycles. The highest BCUT2D eigenvalue weighted by molar-refractivity contribution is 5.35. The summed E-state index contributed by atoms with van der Waals surface area (Å²) in [6.07, 6.45) is 2.51. The molecule has 0 amide bonds. The normalized spacial score (nSPS) is 12.5. The van der Waals surface area contributed by atoms with Gasteiger partial charge in [0.2, 0.25) is 0 Å². The zero-order valence-corrected chi connectivity index (χ0v) is 9.21. The highest BCUT2D eigenvalue weighted by Crippen LogP contribution is 2.13. The quantitative estimate of drug-likeness (QED) is 0.787. The molecule has 1 rings (SSSR count). The molecule has 0 aliphatic carbocycles. The molecule has 0 bridgehead atoms. The van der Waals surface area contributed by atoms with E-state index in [4.69, 9.17) is 5.11 Å². The number of nitrogens with one attached hydrogen (secondary N) is 1. The lowest BCUT2D eigenvalue weighted by atomic mass is 10.0. The van der Waals surface area contributed by atoms with Gasteiger partial charge in [-0.25, -0.2) is 13.8 Å². The molecule has 5 heteroatoms. The topological polar surface area (TPSA) is 45.1 Å². The molecule has 0 fully saturated rings. The van der Waals surface area contributed by atoms with Crippen molar-refractivity contribution in [3.05, 3.63) is 23.9 Å². The van der Waals surface area contributed by atoms with E-state index in [9.17, 15) is 8.78 Å². The Morgan fingerprint density at radius 1 is 1.50 bits per heavy atom. The van der Waals surface area contributed by atoms with Crippen molar-refractivity contribution in [1.29, 1.82) is 0 Å². The molecular weight excluding hydrogens is 214 g/mol. The molecule has 90 valence electrons. The van der Waals surface area contributed by atoms with Gasteiger partial charge in [0.1, 0.15) is 5.82 Å². The lowest BCUT2D eigenvalue weighted by molar-refractivity contribution is 0.258. The van der Waals surface area contributed by atoms with Crippen molar-refractivity contribution >= 4 is 5.82 Å². The van der Waals surface area contributed by atoms with Crippen LogP contribution in [0.4, 0.5) is 14.6 Å². The number of hydrogen-bond donors (Lipinski definition) is 2. The summed E-state index contributed by atoms with van der Waals surface area (Å²) >= 11 is 0. The van der Waals surface area contributed by atoms with Gasteiger partial charge in [0.25, 0.3) is 0 Å². The second-order valence-electron chi connectivity index (χ2n) is 3.65. The number of rotatable bonds is 6. The summed E-state index contributed by atoms with van der Waals surface area (Å²) in [5.74, 6) is -1.07. The highest BCUT2D eigenvalue weighted by Gasteiger charge is 2.09. The van der Waals surface area contributed by atoms with Gasteiger partial charge >= 0.3 is 0 Å². The zero-order valence-electron chi connectivity index (χ0n) is 9.21. The molecule has 3 nitrogen and oxygen atoms in total. The monoisotopic (exact) mass is 230 g/mol. The van der Waals surface area contributed by atoms with Crippen molar-refractivity contribution in [2.45, 2.75) is 19.8 Å². The Labute approximate surface area is 93.5 Å². The molecule has 0 aromatic carbocycles. The van der Waals surface area contributed by atoms with E-state index in [1.54, 1.807) is 0 Å². The number of anilines is 1. The van der Waals surface area contributed by atoms with E-state index in [0.717, 1.165) is 18.7 Å². The van der Waals surface area contributed by atoms with E-state index in [1.807, 2.05) is 6.92 Å². The van der Waals surface area contributed by atoms with Gasteiger partial charge in [-0.1, -0.05) is 13.3 Å².